The van der Waals surface area contributed by atoms with Crippen LogP contribution >= 0.6 is 11.3 Å². The van der Waals surface area contributed by atoms with Crippen LogP contribution in [-0.2, 0) is 14.3 Å². The van der Waals surface area contributed by atoms with Gasteiger partial charge in [0, 0.05) is 5.56 Å². The molecule has 1 aliphatic heterocycles. The second-order valence-electron chi connectivity index (χ2n) is 11.0. The molecule has 10 nitrogen and oxygen atoms in total. The highest BCUT2D eigenvalue weighted by Gasteiger charge is 2.48. The van der Waals surface area contributed by atoms with E-state index in [1.165, 1.54) is 11.0 Å². The number of carbonyl (C=O) groups is 3. The summed E-state index contributed by atoms with van der Waals surface area (Å²) in [5.41, 5.74) is 1.01. The molecule has 244 valence electrons. The van der Waals surface area contributed by atoms with E-state index in [0.717, 1.165) is 24.2 Å². The van der Waals surface area contributed by atoms with Crippen LogP contribution in [0.2, 0.25) is 0 Å². The number of aromatic nitrogens is 1. The highest BCUT2D eigenvalue weighted by molar-refractivity contribution is 7.17. The minimum absolute atomic E-state index is 0.00406. The number of aliphatic hydroxyl groups is 1. The highest BCUT2D eigenvalue weighted by atomic mass is 32.1. The molecule has 0 saturated carbocycles. The number of hydrogen-bond acceptors (Lipinski definition) is 10. The second-order valence-corrected chi connectivity index (χ2v) is 12.0. The summed E-state index contributed by atoms with van der Waals surface area (Å²) < 4.78 is 22.8. The van der Waals surface area contributed by atoms with Crippen molar-refractivity contribution in [3.8, 4) is 17.2 Å². The molecule has 1 fully saturated rings. The van der Waals surface area contributed by atoms with E-state index in [9.17, 15) is 19.5 Å². The molecule has 0 radical (unpaired) electrons. The number of aryl methyl sites for hydroxylation is 1. The van der Waals surface area contributed by atoms with Crippen LogP contribution in [0.5, 0.6) is 17.2 Å². The molecule has 3 aromatic rings. The number of carbonyl (C=O) groups excluding carboxylic acids is 3. The Bertz CT molecular complexity index is 1610. The van der Waals surface area contributed by atoms with Crippen LogP contribution in [0.15, 0.2) is 60.7 Å². The van der Waals surface area contributed by atoms with Gasteiger partial charge in [0.05, 0.1) is 37.1 Å². The summed E-state index contributed by atoms with van der Waals surface area (Å²) in [7, 11) is 0. The van der Waals surface area contributed by atoms with Crippen molar-refractivity contribution in [1.82, 2.24) is 4.98 Å². The summed E-state index contributed by atoms with van der Waals surface area (Å²) in [5.74, 6) is -0.777. The van der Waals surface area contributed by atoms with Gasteiger partial charge in [-0.15, -0.1) is 0 Å². The van der Waals surface area contributed by atoms with Crippen LogP contribution in [0.4, 0.5) is 5.13 Å². The van der Waals surface area contributed by atoms with E-state index in [2.05, 4.69) is 25.4 Å². The quantitative estimate of drug-likeness (QED) is 0.0608. The van der Waals surface area contributed by atoms with E-state index in [4.69, 9.17) is 18.9 Å². The van der Waals surface area contributed by atoms with Gasteiger partial charge >= 0.3 is 11.9 Å². The van der Waals surface area contributed by atoms with E-state index < -0.39 is 23.7 Å². The molecule has 1 aliphatic rings. The van der Waals surface area contributed by atoms with Crippen molar-refractivity contribution in [2.75, 3.05) is 31.3 Å². The zero-order valence-electron chi connectivity index (χ0n) is 26.8. The average molecular weight is 649 g/mol. The van der Waals surface area contributed by atoms with Gasteiger partial charge in [0.25, 0.3) is 5.78 Å². The molecule has 46 heavy (non-hydrogen) atoms. The fraction of sp³-hybridized carbons (Fsp3) is 0.371. The third-order valence-electron chi connectivity index (χ3n) is 7.09. The monoisotopic (exact) mass is 648 g/mol. The summed E-state index contributed by atoms with van der Waals surface area (Å²) in [6.07, 6.45) is 3.12. The lowest BCUT2D eigenvalue weighted by molar-refractivity contribution is -0.132. The SMILES string of the molecule is C=CCOC(=O)c1sc(N2C(=O)C(=O)C(=C(O)c3ccc(OCCC)cc3)C2c2ccc(OCCC(C)C)c(OCC)c2)nc1C. The van der Waals surface area contributed by atoms with E-state index in [-0.39, 0.29) is 27.9 Å². The van der Waals surface area contributed by atoms with Crippen molar-refractivity contribution in [2.45, 2.75) is 53.5 Å². The van der Waals surface area contributed by atoms with Gasteiger partial charge in [0.15, 0.2) is 16.6 Å². The van der Waals surface area contributed by atoms with Crippen molar-refractivity contribution in [2.24, 2.45) is 5.92 Å². The lowest BCUT2D eigenvalue weighted by atomic mass is 9.95. The number of ether oxygens (including phenoxy) is 4. The van der Waals surface area contributed by atoms with Crippen LogP contribution in [0.3, 0.4) is 0 Å². The first-order valence-corrected chi connectivity index (χ1v) is 16.1. The van der Waals surface area contributed by atoms with Crippen molar-refractivity contribution < 1.29 is 38.4 Å². The standard InChI is InChI=1S/C35H40N2O8S/c1-7-17-43-25-13-10-23(11-14-25)30(38)28-29(24-12-15-26(27(20-24)42-9-3)44-19-16-21(4)5)37(33(40)31(28)39)35-36-22(6)32(46-35)34(41)45-18-8-2/h8,10-15,20-21,29,38H,2,7,9,16-19H2,1,3-6H3. The van der Waals surface area contributed by atoms with Gasteiger partial charge < -0.3 is 24.1 Å². The Morgan fingerprint density at radius 2 is 1.80 bits per heavy atom. The van der Waals surface area contributed by atoms with Crippen LogP contribution in [0.1, 0.15) is 73.1 Å². The number of amides is 1. The van der Waals surface area contributed by atoms with Gasteiger partial charge in [-0.2, -0.15) is 0 Å². The third kappa shape index (κ3) is 7.59. The Hall–Kier alpha value is -4.64. The molecule has 0 bridgehead atoms. The number of aliphatic hydroxyl groups excluding tert-OH is 1. The first kappa shape index (κ1) is 34.2. The zero-order valence-corrected chi connectivity index (χ0v) is 27.6. The van der Waals surface area contributed by atoms with Gasteiger partial charge in [-0.1, -0.05) is 50.8 Å². The van der Waals surface area contributed by atoms with Gasteiger partial charge in [-0.05, 0) is 74.6 Å². The summed E-state index contributed by atoms with van der Waals surface area (Å²) in [6.45, 7) is 14.6. The molecule has 11 heteroatoms. The molecule has 2 heterocycles. The van der Waals surface area contributed by atoms with Crippen molar-refractivity contribution in [1.29, 1.82) is 0 Å². The molecule has 2 aromatic carbocycles. The van der Waals surface area contributed by atoms with Crippen LogP contribution < -0.4 is 19.1 Å². The molecule has 1 aromatic heterocycles. The number of hydrogen-bond donors (Lipinski definition) is 1. The number of Topliss-reactive ketones (excluding diaryl/α,β-unsaturated/α-hetero) is 1. The lowest BCUT2D eigenvalue weighted by Gasteiger charge is -2.24. The maximum Gasteiger partial charge on any atom is 0.350 e. The summed E-state index contributed by atoms with van der Waals surface area (Å²) in [6, 6.07) is 10.7. The van der Waals surface area contributed by atoms with Gasteiger partial charge in [0.1, 0.15) is 23.0 Å². The molecule has 1 amide bonds. The fourth-order valence-corrected chi connectivity index (χ4v) is 5.78. The molecule has 1 atom stereocenters. The fourth-order valence-electron chi connectivity index (χ4n) is 4.79. The van der Waals surface area contributed by atoms with E-state index in [1.54, 1.807) is 49.4 Å². The predicted octanol–water partition coefficient (Wildman–Crippen LogP) is 7.03. The number of benzene rings is 2. The maximum absolute atomic E-state index is 13.7. The number of anilines is 1. The molecule has 0 spiro atoms. The first-order chi connectivity index (χ1) is 22.1. The van der Waals surface area contributed by atoms with Crippen LogP contribution in [0.25, 0.3) is 5.76 Å². The third-order valence-corrected chi connectivity index (χ3v) is 8.23. The lowest BCUT2D eigenvalue weighted by Crippen LogP contribution is -2.29. The minimum atomic E-state index is -1.09. The van der Waals surface area contributed by atoms with Crippen LogP contribution in [-0.4, -0.2) is 54.2 Å². The number of rotatable bonds is 15. The average Bonchev–Trinajstić information content (AvgIpc) is 3.55. The Balaban J connectivity index is 1.85. The Labute approximate surface area is 273 Å². The largest absolute Gasteiger partial charge is 0.507 e. The Morgan fingerprint density at radius 3 is 2.46 bits per heavy atom. The Morgan fingerprint density at radius 1 is 1.07 bits per heavy atom. The highest BCUT2D eigenvalue weighted by Crippen LogP contribution is 2.45. The normalized spacial score (nSPS) is 15.7. The van der Waals surface area contributed by atoms with Crippen LogP contribution in [0, 0.1) is 12.8 Å². The number of esters is 1. The maximum atomic E-state index is 13.7. The van der Waals surface area contributed by atoms with Crippen molar-refractivity contribution in [3.63, 3.8) is 0 Å². The predicted molar refractivity (Wildman–Crippen MR) is 177 cm³/mol. The van der Waals surface area contributed by atoms with Gasteiger partial charge in [0.2, 0.25) is 0 Å². The van der Waals surface area contributed by atoms with Crippen molar-refractivity contribution >= 4 is 39.9 Å². The van der Waals surface area contributed by atoms with Gasteiger partial charge in [-0.25, -0.2) is 9.78 Å². The molecule has 4 rings (SSSR count). The summed E-state index contributed by atoms with van der Waals surface area (Å²) in [4.78, 5) is 46.1. The molecule has 1 saturated heterocycles. The second kappa shape index (κ2) is 15.6. The first-order valence-electron chi connectivity index (χ1n) is 15.3. The van der Waals surface area contributed by atoms with E-state index in [0.29, 0.717) is 59.8 Å². The molecule has 1 unspecified atom stereocenters. The summed E-state index contributed by atoms with van der Waals surface area (Å²) in [5, 5.41) is 11.7. The van der Waals surface area contributed by atoms with Crippen molar-refractivity contribution in [3.05, 3.63) is 82.4 Å². The number of ketones is 1. The minimum Gasteiger partial charge on any atom is -0.507 e. The van der Waals surface area contributed by atoms with E-state index >= 15 is 0 Å². The topological polar surface area (TPSA) is 124 Å². The molecular formula is C35H40N2O8S. The van der Waals surface area contributed by atoms with E-state index in [1.807, 2.05) is 13.8 Å². The van der Waals surface area contributed by atoms with Gasteiger partial charge in [-0.3, -0.25) is 14.5 Å². The zero-order chi connectivity index (χ0) is 33.4. The number of thiazole rings is 1. The molecular weight excluding hydrogens is 608 g/mol. The summed E-state index contributed by atoms with van der Waals surface area (Å²) >= 11 is 0.926. The molecule has 0 aliphatic carbocycles. The Kier molecular flexibility index (Phi) is 11.6. The smallest absolute Gasteiger partial charge is 0.350 e. The molecule has 1 N–H and O–H groups in total. The number of nitrogens with zero attached hydrogens (tertiary/aromatic N) is 2.